The largest absolute Gasteiger partial charge is 0.444 e. The molecule has 1 aliphatic heterocycles. The van der Waals surface area contributed by atoms with Crippen molar-refractivity contribution in [2.75, 3.05) is 0 Å². The van der Waals surface area contributed by atoms with Crippen LogP contribution in [0, 0.1) is 0 Å². The van der Waals surface area contributed by atoms with E-state index in [0.29, 0.717) is 17.0 Å². The second-order valence-electron chi connectivity index (χ2n) is 7.74. The first-order valence-corrected chi connectivity index (χ1v) is 8.35. The van der Waals surface area contributed by atoms with Crippen LogP contribution in [0.3, 0.4) is 0 Å². The van der Waals surface area contributed by atoms with Gasteiger partial charge in [-0.3, -0.25) is 4.90 Å². The SMILES string of the molecule is CC(C)(C)OC(=O)N1[C@@H](C(O)c2ccccc2Cl)CCC1(C)C. The zero-order valence-electron chi connectivity index (χ0n) is 14.5. The number of hydrogen-bond acceptors (Lipinski definition) is 3. The molecule has 1 amide bonds. The Hall–Kier alpha value is -1.26. The van der Waals surface area contributed by atoms with Gasteiger partial charge in [0.2, 0.25) is 0 Å². The zero-order valence-corrected chi connectivity index (χ0v) is 15.2. The van der Waals surface area contributed by atoms with E-state index in [-0.39, 0.29) is 11.6 Å². The number of hydrogen-bond donors (Lipinski definition) is 1. The van der Waals surface area contributed by atoms with E-state index in [1.54, 1.807) is 17.0 Å². The molecule has 0 spiro atoms. The maximum absolute atomic E-state index is 12.7. The van der Waals surface area contributed by atoms with Gasteiger partial charge in [-0.2, -0.15) is 0 Å². The number of aliphatic hydroxyl groups is 1. The van der Waals surface area contributed by atoms with Gasteiger partial charge in [-0.25, -0.2) is 4.79 Å². The molecule has 1 fully saturated rings. The molecule has 1 aromatic rings. The molecule has 1 heterocycles. The molecule has 1 unspecified atom stereocenters. The number of rotatable bonds is 2. The molecule has 2 atom stereocenters. The summed E-state index contributed by atoms with van der Waals surface area (Å²) in [6.45, 7) is 9.51. The molecule has 0 aliphatic carbocycles. The van der Waals surface area contributed by atoms with E-state index in [1.807, 2.05) is 46.8 Å². The lowest BCUT2D eigenvalue weighted by molar-refractivity contribution is -0.0166. The summed E-state index contributed by atoms with van der Waals surface area (Å²) >= 11 is 6.21. The number of carbonyl (C=O) groups is 1. The van der Waals surface area contributed by atoms with Gasteiger partial charge < -0.3 is 9.84 Å². The quantitative estimate of drug-likeness (QED) is 0.859. The summed E-state index contributed by atoms with van der Waals surface area (Å²) in [5.74, 6) is 0. The lowest BCUT2D eigenvalue weighted by Gasteiger charge is -2.38. The predicted molar refractivity (Wildman–Crippen MR) is 91.6 cm³/mol. The van der Waals surface area contributed by atoms with Crippen LogP contribution >= 0.6 is 11.6 Å². The fraction of sp³-hybridized carbons (Fsp3) is 0.611. The summed E-state index contributed by atoms with van der Waals surface area (Å²) < 4.78 is 5.55. The molecule has 1 aliphatic rings. The standard InChI is InChI=1S/C18H26ClNO3/c1-17(2,3)23-16(22)20-14(10-11-18(20,4)5)15(21)12-8-6-7-9-13(12)19/h6-9,14-15,21H,10-11H2,1-5H3/t14-,15?/m1/s1. The second kappa shape index (κ2) is 6.33. The van der Waals surface area contributed by atoms with E-state index < -0.39 is 17.8 Å². The second-order valence-corrected chi connectivity index (χ2v) is 8.14. The Morgan fingerprint density at radius 2 is 2.00 bits per heavy atom. The number of benzene rings is 1. The van der Waals surface area contributed by atoms with Crippen molar-refractivity contribution < 1.29 is 14.6 Å². The fourth-order valence-corrected chi connectivity index (χ4v) is 3.36. The van der Waals surface area contributed by atoms with E-state index in [4.69, 9.17) is 16.3 Å². The third kappa shape index (κ3) is 3.99. The summed E-state index contributed by atoms with van der Waals surface area (Å²) in [4.78, 5) is 14.3. The van der Waals surface area contributed by atoms with Crippen LogP contribution in [0.2, 0.25) is 5.02 Å². The lowest BCUT2D eigenvalue weighted by atomic mass is 10.00. The van der Waals surface area contributed by atoms with E-state index in [2.05, 4.69) is 0 Å². The van der Waals surface area contributed by atoms with Gasteiger partial charge in [-0.1, -0.05) is 29.8 Å². The molecule has 23 heavy (non-hydrogen) atoms. The van der Waals surface area contributed by atoms with Crippen LogP contribution in [0.4, 0.5) is 4.79 Å². The Morgan fingerprint density at radius 3 is 2.57 bits per heavy atom. The van der Waals surface area contributed by atoms with Crippen molar-refractivity contribution in [1.29, 1.82) is 0 Å². The first-order chi connectivity index (χ1) is 10.5. The Kier molecular flexibility index (Phi) is 4.97. The minimum atomic E-state index is -0.835. The van der Waals surface area contributed by atoms with Crippen LogP contribution in [0.15, 0.2) is 24.3 Å². The minimum absolute atomic E-state index is 0.347. The van der Waals surface area contributed by atoms with Crippen LogP contribution in [0.1, 0.15) is 59.1 Å². The Balaban J connectivity index is 2.30. The highest BCUT2D eigenvalue weighted by molar-refractivity contribution is 6.31. The van der Waals surface area contributed by atoms with Gasteiger partial charge >= 0.3 is 6.09 Å². The molecule has 1 N–H and O–H groups in total. The van der Waals surface area contributed by atoms with Crippen molar-refractivity contribution in [1.82, 2.24) is 4.90 Å². The summed E-state index contributed by atoms with van der Waals surface area (Å²) in [6, 6.07) is 6.86. The minimum Gasteiger partial charge on any atom is -0.444 e. The van der Waals surface area contributed by atoms with Crippen molar-refractivity contribution in [3.8, 4) is 0 Å². The van der Waals surface area contributed by atoms with E-state index in [9.17, 15) is 9.90 Å². The number of ether oxygens (including phenoxy) is 1. The number of likely N-dealkylation sites (tertiary alicyclic amines) is 1. The number of aliphatic hydroxyl groups excluding tert-OH is 1. The molecular weight excluding hydrogens is 314 g/mol. The third-order valence-electron chi connectivity index (χ3n) is 4.21. The summed E-state index contributed by atoms with van der Waals surface area (Å²) in [5, 5.41) is 11.3. The highest BCUT2D eigenvalue weighted by atomic mass is 35.5. The van der Waals surface area contributed by atoms with Gasteiger partial charge in [0, 0.05) is 16.1 Å². The maximum atomic E-state index is 12.7. The highest BCUT2D eigenvalue weighted by Crippen LogP contribution is 2.41. The van der Waals surface area contributed by atoms with Crippen LogP contribution < -0.4 is 0 Å². The number of halogens is 1. The highest BCUT2D eigenvalue weighted by Gasteiger charge is 2.47. The van der Waals surface area contributed by atoms with Crippen molar-refractivity contribution in [2.45, 2.75) is 70.7 Å². The molecule has 128 valence electrons. The van der Waals surface area contributed by atoms with Gasteiger partial charge in [0.05, 0.1) is 6.04 Å². The van der Waals surface area contributed by atoms with Gasteiger partial charge in [-0.15, -0.1) is 0 Å². The fourth-order valence-electron chi connectivity index (χ4n) is 3.11. The topological polar surface area (TPSA) is 49.8 Å². The van der Waals surface area contributed by atoms with Gasteiger partial charge in [0.25, 0.3) is 0 Å². The van der Waals surface area contributed by atoms with Crippen LogP contribution in [0.25, 0.3) is 0 Å². The Labute approximate surface area is 143 Å². The average molecular weight is 340 g/mol. The van der Waals surface area contributed by atoms with Gasteiger partial charge in [0.15, 0.2) is 0 Å². The summed E-state index contributed by atoms with van der Waals surface area (Å²) in [7, 11) is 0. The molecule has 5 heteroatoms. The Morgan fingerprint density at radius 1 is 1.39 bits per heavy atom. The first-order valence-electron chi connectivity index (χ1n) is 7.98. The van der Waals surface area contributed by atoms with Crippen molar-refractivity contribution >= 4 is 17.7 Å². The average Bonchev–Trinajstić information content (AvgIpc) is 2.72. The number of nitrogens with zero attached hydrogens (tertiary/aromatic N) is 1. The molecule has 4 nitrogen and oxygen atoms in total. The zero-order chi connectivity index (χ0) is 17.4. The number of carbonyl (C=O) groups excluding carboxylic acids is 1. The molecule has 1 saturated heterocycles. The molecule has 0 radical (unpaired) electrons. The molecular formula is C18H26ClNO3. The monoisotopic (exact) mass is 339 g/mol. The van der Waals surface area contributed by atoms with E-state index >= 15 is 0 Å². The number of amides is 1. The predicted octanol–water partition coefficient (Wildman–Crippen LogP) is 4.55. The lowest BCUT2D eigenvalue weighted by Crippen LogP contribution is -2.50. The maximum Gasteiger partial charge on any atom is 0.411 e. The van der Waals surface area contributed by atoms with Crippen molar-refractivity contribution in [3.05, 3.63) is 34.9 Å². The van der Waals surface area contributed by atoms with Crippen LogP contribution in [0.5, 0.6) is 0 Å². The molecule has 0 aromatic heterocycles. The van der Waals surface area contributed by atoms with Gasteiger partial charge in [0.1, 0.15) is 11.7 Å². The van der Waals surface area contributed by atoms with Gasteiger partial charge in [-0.05, 0) is 53.5 Å². The molecule has 0 bridgehead atoms. The van der Waals surface area contributed by atoms with E-state index in [1.165, 1.54) is 0 Å². The smallest absolute Gasteiger partial charge is 0.411 e. The summed E-state index contributed by atoms with van der Waals surface area (Å²) in [5.41, 5.74) is -0.296. The summed E-state index contributed by atoms with van der Waals surface area (Å²) in [6.07, 6.45) is 0.283. The molecule has 0 saturated carbocycles. The van der Waals surface area contributed by atoms with Crippen molar-refractivity contribution in [3.63, 3.8) is 0 Å². The first kappa shape index (κ1) is 18.1. The third-order valence-corrected chi connectivity index (χ3v) is 4.56. The van der Waals surface area contributed by atoms with Crippen molar-refractivity contribution in [2.24, 2.45) is 0 Å². The Bertz CT molecular complexity index is 580. The van der Waals surface area contributed by atoms with Crippen LogP contribution in [-0.4, -0.2) is 33.3 Å². The van der Waals surface area contributed by atoms with Crippen LogP contribution in [-0.2, 0) is 4.74 Å². The van der Waals surface area contributed by atoms with E-state index in [0.717, 1.165) is 6.42 Å². The normalized spacial score (nSPS) is 22.0. The molecule has 2 rings (SSSR count). The molecule has 1 aromatic carbocycles.